The average Bonchev–Trinajstić information content (AvgIpc) is 3.36. The van der Waals surface area contributed by atoms with Gasteiger partial charge >= 0.3 is 11.9 Å². The molecular formula is C19H21N5O5. The summed E-state index contributed by atoms with van der Waals surface area (Å²) in [5.74, 6) is -0.663. The van der Waals surface area contributed by atoms with Gasteiger partial charge in [0.1, 0.15) is 6.61 Å². The van der Waals surface area contributed by atoms with Crippen LogP contribution in [-0.2, 0) is 11.2 Å². The molecule has 1 N–H and O–H groups in total. The summed E-state index contributed by atoms with van der Waals surface area (Å²) in [5, 5.41) is 16.7. The van der Waals surface area contributed by atoms with Crippen LogP contribution in [0.1, 0.15) is 28.9 Å². The average molecular weight is 399 g/mol. The molecular weight excluding hydrogens is 378 g/mol. The van der Waals surface area contributed by atoms with E-state index in [9.17, 15) is 19.7 Å². The zero-order valence-electron chi connectivity index (χ0n) is 15.7. The Morgan fingerprint density at radius 3 is 2.66 bits per heavy atom. The van der Waals surface area contributed by atoms with Crippen LogP contribution in [0.4, 0.5) is 10.6 Å². The maximum absolute atomic E-state index is 12.5. The van der Waals surface area contributed by atoms with Gasteiger partial charge in [-0.3, -0.25) is 9.69 Å². The molecule has 0 unspecified atom stereocenters. The van der Waals surface area contributed by atoms with E-state index in [1.54, 1.807) is 4.90 Å². The summed E-state index contributed by atoms with van der Waals surface area (Å²) in [7, 11) is 0. The van der Waals surface area contributed by atoms with Crippen molar-refractivity contribution in [2.45, 2.75) is 31.3 Å². The molecule has 2 aliphatic rings. The van der Waals surface area contributed by atoms with E-state index >= 15 is 0 Å². The Bertz CT molecular complexity index is 907. The highest BCUT2D eigenvalue weighted by molar-refractivity contribution is 5.92. The number of amides is 2. The standard InChI is InChI=1S/C19H21N5O5/c25-18(16-11-17(21-20-16)24(27)28)22-8-6-14(7-9-22)23-15(12-29-19(23)26)10-13-4-2-1-3-5-13/h1-5,11,14-15H,6-10,12H2,(H,20,21)/t15-/m1/s1. The highest BCUT2D eigenvalue weighted by Crippen LogP contribution is 2.26. The van der Waals surface area contributed by atoms with Gasteiger partial charge < -0.3 is 19.8 Å². The molecule has 0 saturated carbocycles. The summed E-state index contributed by atoms with van der Waals surface area (Å²) in [6, 6.07) is 11.1. The van der Waals surface area contributed by atoms with Crippen LogP contribution < -0.4 is 0 Å². The Morgan fingerprint density at radius 2 is 2.00 bits per heavy atom. The van der Waals surface area contributed by atoms with E-state index in [4.69, 9.17) is 4.74 Å². The summed E-state index contributed by atoms with van der Waals surface area (Å²) < 4.78 is 5.30. The van der Waals surface area contributed by atoms with E-state index in [-0.39, 0.29) is 35.6 Å². The third-order valence-electron chi connectivity index (χ3n) is 5.44. The predicted molar refractivity (Wildman–Crippen MR) is 101 cm³/mol. The molecule has 0 radical (unpaired) electrons. The predicted octanol–water partition coefficient (Wildman–Crippen LogP) is 1.99. The van der Waals surface area contributed by atoms with E-state index in [0.29, 0.717) is 32.5 Å². The van der Waals surface area contributed by atoms with Crippen molar-refractivity contribution in [1.82, 2.24) is 20.0 Å². The molecule has 3 heterocycles. The molecule has 2 aromatic rings. The molecule has 1 atom stereocenters. The van der Waals surface area contributed by atoms with Crippen molar-refractivity contribution < 1.29 is 19.2 Å². The van der Waals surface area contributed by atoms with E-state index in [0.717, 1.165) is 18.1 Å². The number of carbonyl (C=O) groups is 2. The first-order chi connectivity index (χ1) is 14.0. The number of piperidine rings is 1. The Morgan fingerprint density at radius 1 is 1.28 bits per heavy atom. The normalized spacial score (nSPS) is 20.0. The number of cyclic esters (lactones) is 1. The molecule has 1 aromatic carbocycles. The fourth-order valence-corrected chi connectivity index (χ4v) is 3.99. The number of aromatic nitrogens is 2. The topological polar surface area (TPSA) is 122 Å². The first-order valence-electron chi connectivity index (χ1n) is 9.51. The van der Waals surface area contributed by atoms with Crippen molar-refractivity contribution in [3.05, 3.63) is 57.8 Å². The van der Waals surface area contributed by atoms with Gasteiger partial charge in [0, 0.05) is 19.1 Å². The van der Waals surface area contributed by atoms with Gasteiger partial charge in [-0.15, -0.1) is 5.10 Å². The number of nitro groups is 1. The van der Waals surface area contributed by atoms with Gasteiger partial charge in [0.25, 0.3) is 5.91 Å². The Kier molecular flexibility index (Phi) is 5.15. The second-order valence-corrected chi connectivity index (χ2v) is 7.25. The lowest BCUT2D eigenvalue weighted by molar-refractivity contribution is -0.389. The fraction of sp³-hybridized carbons (Fsp3) is 0.421. The maximum atomic E-state index is 12.5. The number of carbonyl (C=O) groups excluding carboxylic acids is 2. The van der Waals surface area contributed by atoms with E-state index < -0.39 is 4.92 Å². The molecule has 10 heteroatoms. The molecule has 2 aliphatic heterocycles. The quantitative estimate of drug-likeness (QED) is 0.606. The largest absolute Gasteiger partial charge is 0.447 e. The Labute approximate surface area is 166 Å². The first-order valence-corrected chi connectivity index (χ1v) is 9.51. The van der Waals surface area contributed by atoms with Gasteiger partial charge in [-0.25, -0.2) is 4.79 Å². The zero-order valence-corrected chi connectivity index (χ0v) is 15.7. The number of aromatic amines is 1. The molecule has 29 heavy (non-hydrogen) atoms. The second-order valence-electron chi connectivity index (χ2n) is 7.25. The van der Waals surface area contributed by atoms with E-state index in [1.165, 1.54) is 0 Å². The number of nitrogens with zero attached hydrogens (tertiary/aromatic N) is 4. The Hall–Kier alpha value is -3.43. The van der Waals surface area contributed by atoms with Crippen LogP contribution in [-0.4, -0.2) is 68.7 Å². The van der Waals surface area contributed by atoms with Gasteiger partial charge in [0.15, 0.2) is 5.69 Å². The summed E-state index contributed by atoms with van der Waals surface area (Å²) in [6.45, 7) is 1.27. The first kappa shape index (κ1) is 18.9. The van der Waals surface area contributed by atoms with Crippen molar-refractivity contribution in [2.24, 2.45) is 0 Å². The van der Waals surface area contributed by atoms with Crippen LogP contribution in [0.15, 0.2) is 36.4 Å². The van der Waals surface area contributed by atoms with Crippen molar-refractivity contribution in [3.8, 4) is 0 Å². The molecule has 0 aliphatic carbocycles. The van der Waals surface area contributed by atoms with Crippen molar-refractivity contribution in [1.29, 1.82) is 0 Å². The van der Waals surface area contributed by atoms with Crippen LogP contribution >= 0.6 is 0 Å². The van der Waals surface area contributed by atoms with Crippen LogP contribution in [0.25, 0.3) is 0 Å². The van der Waals surface area contributed by atoms with Crippen molar-refractivity contribution >= 4 is 17.8 Å². The third kappa shape index (κ3) is 3.91. The second kappa shape index (κ2) is 7.90. The smallest absolute Gasteiger partial charge is 0.410 e. The summed E-state index contributed by atoms with van der Waals surface area (Å²) in [6.07, 6.45) is 1.67. The number of hydrogen-bond donors (Lipinski definition) is 1. The van der Waals surface area contributed by atoms with Crippen LogP contribution in [0.2, 0.25) is 0 Å². The number of likely N-dealkylation sites (tertiary alicyclic amines) is 1. The van der Waals surface area contributed by atoms with Crippen LogP contribution in [0, 0.1) is 10.1 Å². The molecule has 2 fully saturated rings. The highest BCUT2D eigenvalue weighted by Gasteiger charge is 2.40. The SMILES string of the molecule is O=C(c1cc([N+](=O)[O-])[nH]n1)N1CCC(N2C(=O)OC[C@H]2Cc2ccccc2)CC1. The molecule has 2 amide bonds. The number of hydrogen-bond acceptors (Lipinski definition) is 6. The number of nitrogens with one attached hydrogen (secondary N) is 1. The zero-order chi connectivity index (χ0) is 20.4. The van der Waals surface area contributed by atoms with Gasteiger partial charge in [-0.2, -0.15) is 0 Å². The number of ether oxygens (including phenoxy) is 1. The van der Waals surface area contributed by atoms with Gasteiger partial charge in [-0.1, -0.05) is 35.4 Å². The van der Waals surface area contributed by atoms with Gasteiger partial charge in [-0.05, 0) is 29.7 Å². The number of H-pyrrole nitrogens is 1. The van der Waals surface area contributed by atoms with Gasteiger partial charge in [0.2, 0.25) is 0 Å². The highest BCUT2D eigenvalue weighted by atomic mass is 16.6. The van der Waals surface area contributed by atoms with Crippen molar-refractivity contribution in [2.75, 3.05) is 19.7 Å². The van der Waals surface area contributed by atoms with Crippen LogP contribution in [0.5, 0.6) is 0 Å². The number of rotatable bonds is 5. The minimum absolute atomic E-state index is 0.00344. The Balaban J connectivity index is 1.38. The summed E-state index contributed by atoms with van der Waals surface area (Å²) >= 11 is 0. The molecule has 4 rings (SSSR count). The lowest BCUT2D eigenvalue weighted by atomic mass is 9.99. The monoisotopic (exact) mass is 399 g/mol. The third-order valence-corrected chi connectivity index (χ3v) is 5.44. The molecule has 10 nitrogen and oxygen atoms in total. The lowest BCUT2D eigenvalue weighted by Gasteiger charge is -2.37. The summed E-state index contributed by atoms with van der Waals surface area (Å²) in [4.78, 5) is 38.4. The molecule has 0 spiro atoms. The molecule has 1 aromatic heterocycles. The number of benzene rings is 1. The summed E-state index contributed by atoms with van der Waals surface area (Å²) in [5.41, 5.74) is 1.17. The minimum Gasteiger partial charge on any atom is -0.447 e. The fourth-order valence-electron chi connectivity index (χ4n) is 3.99. The van der Waals surface area contributed by atoms with Crippen molar-refractivity contribution in [3.63, 3.8) is 0 Å². The van der Waals surface area contributed by atoms with Gasteiger partial charge in [0.05, 0.1) is 12.1 Å². The molecule has 2 saturated heterocycles. The maximum Gasteiger partial charge on any atom is 0.410 e. The molecule has 152 valence electrons. The lowest BCUT2D eigenvalue weighted by Crippen LogP contribution is -2.50. The molecule has 0 bridgehead atoms. The van der Waals surface area contributed by atoms with E-state index in [1.807, 2.05) is 35.2 Å². The van der Waals surface area contributed by atoms with E-state index in [2.05, 4.69) is 10.2 Å². The minimum atomic E-state index is -0.623. The van der Waals surface area contributed by atoms with Crippen LogP contribution in [0.3, 0.4) is 0 Å².